The largest absolute Gasteiger partial charge is 0.466 e. The van der Waals surface area contributed by atoms with E-state index in [1.165, 1.54) is 89.9 Å². The smallest absolute Gasteiger partial charge is 0.306 e. The second kappa shape index (κ2) is 35.7. The first-order valence-electron chi connectivity index (χ1n) is 19.8. The highest BCUT2D eigenvalue weighted by Gasteiger charge is 2.13. The molecule has 0 saturated carbocycles. The van der Waals surface area contributed by atoms with Gasteiger partial charge in [0.2, 0.25) is 0 Å². The van der Waals surface area contributed by atoms with Gasteiger partial charge in [0, 0.05) is 19.4 Å². The van der Waals surface area contributed by atoms with Gasteiger partial charge in [0.25, 0.3) is 0 Å². The highest BCUT2D eigenvalue weighted by atomic mass is 16.5. The molecule has 0 saturated heterocycles. The predicted molar refractivity (Wildman–Crippen MR) is 191 cm³/mol. The average Bonchev–Trinajstić information content (AvgIpc) is 3.03. The molecule has 6 nitrogen and oxygen atoms in total. The summed E-state index contributed by atoms with van der Waals surface area (Å²) in [4.78, 5) is 26.7. The van der Waals surface area contributed by atoms with Gasteiger partial charge in [-0.2, -0.15) is 0 Å². The van der Waals surface area contributed by atoms with Crippen LogP contribution in [0.5, 0.6) is 0 Å². The molecular weight excluding hydrogens is 562 g/mol. The summed E-state index contributed by atoms with van der Waals surface area (Å²) in [6.07, 6.45) is 31.6. The number of hydrogen-bond acceptors (Lipinski definition) is 6. The van der Waals surface area contributed by atoms with Crippen LogP contribution in [0.4, 0.5) is 0 Å². The molecule has 0 aliphatic carbocycles. The van der Waals surface area contributed by atoms with Crippen molar-refractivity contribution in [2.24, 2.45) is 0 Å². The van der Waals surface area contributed by atoms with Crippen molar-refractivity contribution in [2.45, 2.75) is 207 Å². The zero-order valence-electron chi connectivity index (χ0n) is 30.4. The fourth-order valence-corrected chi connectivity index (χ4v) is 6.05. The minimum absolute atomic E-state index is 0.00714. The molecule has 0 radical (unpaired) electrons. The van der Waals surface area contributed by atoms with Gasteiger partial charge < -0.3 is 19.5 Å². The summed E-state index contributed by atoms with van der Waals surface area (Å²) in [6.45, 7) is 10.3. The minimum Gasteiger partial charge on any atom is -0.466 e. The average molecular weight is 640 g/mol. The third-order valence-corrected chi connectivity index (χ3v) is 8.93. The molecule has 0 spiro atoms. The Kier molecular flexibility index (Phi) is 34.8. The van der Waals surface area contributed by atoms with E-state index < -0.39 is 0 Å². The van der Waals surface area contributed by atoms with Gasteiger partial charge in [-0.15, -0.1) is 0 Å². The summed E-state index contributed by atoms with van der Waals surface area (Å²) in [6, 6.07) is 0. The molecule has 0 aromatic rings. The monoisotopic (exact) mass is 640 g/mol. The molecule has 268 valence electrons. The van der Waals surface area contributed by atoms with Gasteiger partial charge >= 0.3 is 11.9 Å². The molecule has 1 N–H and O–H groups in total. The minimum atomic E-state index is -0.0329. The first-order valence-corrected chi connectivity index (χ1v) is 19.8. The van der Waals surface area contributed by atoms with Crippen LogP contribution in [-0.2, 0) is 19.1 Å². The predicted octanol–water partition coefficient (Wildman–Crippen LogP) is 10.7. The Bertz CT molecular complexity index is 629. The van der Waals surface area contributed by atoms with Gasteiger partial charge in [-0.05, 0) is 64.5 Å². The SMILES string of the molecule is CCCCCCCCCOC(=O)CCCCCCCN(CCO)CCCCCCCC(=O)OC(CCC)CCCCCCCC. The van der Waals surface area contributed by atoms with Gasteiger partial charge in [-0.1, -0.05) is 136 Å². The maximum absolute atomic E-state index is 12.4. The zero-order chi connectivity index (χ0) is 33.1. The third kappa shape index (κ3) is 32.6. The number of ether oxygens (including phenoxy) is 2. The number of rotatable bonds is 36. The Balaban J connectivity index is 3.74. The van der Waals surface area contributed by atoms with Crippen LogP contribution in [0.15, 0.2) is 0 Å². The second-order valence-corrected chi connectivity index (χ2v) is 13.4. The van der Waals surface area contributed by atoms with Crippen LogP contribution in [0.1, 0.15) is 201 Å². The molecule has 0 heterocycles. The molecule has 0 aliphatic heterocycles. The van der Waals surface area contributed by atoms with E-state index in [1.807, 2.05) is 0 Å². The summed E-state index contributed by atoms with van der Waals surface area (Å²) in [5.41, 5.74) is 0. The van der Waals surface area contributed by atoms with Crippen molar-refractivity contribution in [2.75, 3.05) is 32.8 Å². The molecule has 6 heteroatoms. The molecule has 1 atom stereocenters. The summed E-state index contributed by atoms with van der Waals surface area (Å²) in [7, 11) is 0. The zero-order valence-corrected chi connectivity index (χ0v) is 30.4. The van der Waals surface area contributed by atoms with E-state index in [0.29, 0.717) is 19.4 Å². The lowest BCUT2D eigenvalue weighted by molar-refractivity contribution is -0.150. The lowest BCUT2D eigenvalue weighted by Crippen LogP contribution is -2.29. The van der Waals surface area contributed by atoms with E-state index >= 15 is 0 Å². The number of hydrogen-bond donors (Lipinski definition) is 1. The highest BCUT2D eigenvalue weighted by Crippen LogP contribution is 2.16. The first kappa shape index (κ1) is 43.9. The summed E-state index contributed by atoms with van der Waals surface area (Å²) in [5, 5.41) is 9.48. The van der Waals surface area contributed by atoms with Crippen molar-refractivity contribution in [1.29, 1.82) is 0 Å². The van der Waals surface area contributed by atoms with Crippen molar-refractivity contribution >= 4 is 11.9 Å². The maximum atomic E-state index is 12.4. The summed E-state index contributed by atoms with van der Waals surface area (Å²) in [5.74, 6) is -0.0401. The number of esters is 2. The van der Waals surface area contributed by atoms with E-state index in [0.717, 1.165) is 96.7 Å². The number of carbonyl (C=O) groups excluding carboxylic acids is 2. The number of aliphatic hydroxyl groups excluding tert-OH is 1. The van der Waals surface area contributed by atoms with Crippen molar-refractivity contribution in [1.82, 2.24) is 4.90 Å². The molecular formula is C39H77NO5. The Morgan fingerprint density at radius 1 is 0.511 bits per heavy atom. The van der Waals surface area contributed by atoms with Gasteiger partial charge in [0.15, 0.2) is 0 Å². The van der Waals surface area contributed by atoms with Crippen molar-refractivity contribution < 1.29 is 24.2 Å². The number of nitrogens with zero attached hydrogens (tertiary/aromatic N) is 1. The number of carbonyl (C=O) groups is 2. The van der Waals surface area contributed by atoms with Crippen LogP contribution >= 0.6 is 0 Å². The normalized spacial score (nSPS) is 12.1. The lowest BCUT2D eigenvalue weighted by Gasteiger charge is -2.21. The van der Waals surface area contributed by atoms with E-state index in [1.54, 1.807) is 0 Å². The van der Waals surface area contributed by atoms with Gasteiger partial charge in [-0.25, -0.2) is 0 Å². The number of aliphatic hydroxyl groups is 1. The topological polar surface area (TPSA) is 76.1 Å². The van der Waals surface area contributed by atoms with Gasteiger partial charge in [-0.3, -0.25) is 9.59 Å². The number of unbranched alkanes of at least 4 members (excludes halogenated alkanes) is 19. The molecule has 0 bridgehead atoms. The van der Waals surface area contributed by atoms with Crippen LogP contribution < -0.4 is 0 Å². The molecule has 0 fully saturated rings. The molecule has 0 rings (SSSR count). The van der Waals surface area contributed by atoms with E-state index in [-0.39, 0.29) is 24.6 Å². The fourth-order valence-electron chi connectivity index (χ4n) is 6.05. The quantitative estimate of drug-likeness (QED) is 0.0543. The van der Waals surface area contributed by atoms with Crippen molar-refractivity contribution in [3.05, 3.63) is 0 Å². The van der Waals surface area contributed by atoms with Crippen LogP contribution in [0.2, 0.25) is 0 Å². The maximum Gasteiger partial charge on any atom is 0.306 e. The van der Waals surface area contributed by atoms with Crippen LogP contribution in [0.25, 0.3) is 0 Å². The van der Waals surface area contributed by atoms with E-state index in [9.17, 15) is 14.7 Å². The van der Waals surface area contributed by atoms with Crippen molar-refractivity contribution in [3.63, 3.8) is 0 Å². The Morgan fingerprint density at radius 2 is 0.978 bits per heavy atom. The first-order chi connectivity index (χ1) is 22.1. The second-order valence-electron chi connectivity index (χ2n) is 13.4. The molecule has 45 heavy (non-hydrogen) atoms. The molecule has 0 aromatic carbocycles. The van der Waals surface area contributed by atoms with Crippen LogP contribution in [0, 0.1) is 0 Å². The third-order valence-electron chi connectivity index (χ3n) is 8.93. The van der Waals surface area contributed by atoms with Crippen LogP contribution in [0.3, 0.4) is 0 Å². The van der Waals surface area contributed by atoms with Crippen LogP contribution in [-0.4, -0.2) is 60.9 Å². The Hall–Kier alpha value is -1.14. The van der Waals surface area contributed by atoms with E-state index in [2.05, 4.69) is 25.7 Å². The van der Waals surface area contributed by atoms with Crippen molar-refractivity contribution in [3.8, 4) is 0 Å². The summed E-state index contributed by atoms with van der Waals surface area (Å²) < 4.78 is 11.2. The molecule has 0 amide bonds. The Labute approximate surface area is 280 Å². The lowest BCUT2D eigenvalue weighted by atomic mass is 10.0. The standard InChI is InChI=1S/C39H77NO5/c1-4-7-9-11-13-21-27-36-44-38(42)30-23-17-14-19-25-32-40(34-35-41)33-26-20-15-18-24-31-39(43)45-37(28-6-3)29-22-16-12-10-8-5-2/h37,41H,4-36H2,1-3H3. The molecule has 0 aromatic heterocycles. The molecule has 1 unspecified atom stereocenters. The van der Waals surface area contributed by atoms with Gasteiger partial charge in [0.05, 0.1) is 13.2 Å². The fraction of sp³-hybridized carbons (Fsp3) is 0.949. The van der Waals surface area contributed by atoms with Gasteiger partial charge in [0.1, 0.15) is 6.10 Å². The highest BCUT2D eigenvalue weighted by molar-refractivity contribution is 5.69. The Morgan fingerprint density at radius 3 is 1.51 bits per heavy atom. The van der Waals surface area contributed by atoms with E-state index in [4.69, 9.17) is 9.47 Å². The summed E-state index contributed by atoms with van der Waals surface area (Å²) >= 11 is 0. The molecule has 0 aliphatic rings.